The topological polar surface area (TPSA) is 23.6 Å². The quantitative estimate of drug-likeness (QED) is 0.0448. The van der Waals surface area contributed by atoms with Crippen LogP contribution in [0.5, 0.6) is 0 Å². The molecular weight excluding hydrogens is 957 g/mol. The molecule has 0 aliphatic carbocycles. The third-order valence-electron chi connectivity index (χ3n) is 18.3. The van der Waals surface area contributed by atoms with Crippen LogP contribution in [0.2, 0.25) is 0 Å². The zero-order valence-corrected chi connectivity index (χ0v) is 55.3. The number of amides is 1. The van der Waals surface area contributed by atoms with Crippen LogP contribution in [0.3, 0.4) is 0 Å². The fourth-order valence-electron chi connectivity index (χ4n) is 12.6. The van der Waals surface area contributed by atoms with Crippen molar-refractivity contribution in [2.24, 2.45) is 0 Å². The molecule has 1 rings (SSSR count). The summed E-state index contributed by atoms with van der Waals surface area (Å²) < 4.78 is 0. The van der Waals surface area contributed by atoms with Crippen LogP contribution in [0.1, 0.15) is 413 Å². The van der Waals surface area contributed by atoms with E-state index in [1.807, 2.05) is 0 Å². The lowest BCUT2D eigenvalue weighted by Gasteiger charge is -2.28. The highest BCUT2D eigenvalue weighted by Gasteiger charge is 2.17. The van der Waals surface area contributed by atoms with Crippen LogP contribution in [-0.2, 0) is 4.79 Å². The van der Waals surface area contributed by atoms with Gasteiger partial charge in [0.25, 0.3) is 0 Å². The Labute approximate surface area is 499 Å². The van der Waals surface area contributed by atoms with E-state index in [9.17, 15) is 4.79 Å². The minimum Gasteiger partial charge on any atom is -0.342 e. The van der Waals surface area contributed by atoms with Gasteiger partial charge in [-0.15, -0.1) is 0 Å². The number of unbranched alkanes of at least 4 members (excludes halogenated alkanes) is 46. The number of piperidine rings is 1. The predicted octanol–water partition coefficient (Wildman–Crippen LogP) is 26.0. The number of hydrogen-bond donors (Lipinski definition) is 0. The van der Waals surface area contributed by atoms with Gasteiger partial charge in [0.1, 0.15) is 0 Å². The number of carbonyl (C=O) groups is 1. The van der Waals surface area contributed by atoms with Gasteiger partial charge in [-0.25, -0.2) is 0 Å². The molecule has 1 aliphatic rings. The summed E-state index contributed by atoms with van der Waals surface area (Å²) >= 11 is 0. The van der Waals surface area contributed by atoms with Crippen LogP contribution in [0, 0.1) is 0 Å². The van der Waals surface area contributed by atoms with Gasteiger partial charge in [0.05, 0.1) is 0 Å². The third-order valence-corrected chi connectivity index (χ3v) is 18.3. The molecule has 79 heavy (non-hydrogen) atoms. The van der Waals surface area contributed by atoms with E-state index in [-0.39, 0.29) is 0 Å². The van der Waals surface area contributed by atoms with Gasteiger partial charge in [-0.1, -0.05) is 359 Å². The van der Waals surface area contributed by atoms with Crippen molar-refractivity contribution in [1.82, 2.24) is 9.80 Å². The lowest BCUT2D eigenvalue weighted by molar-refractivity contribution is -0.130. The molecule has 0 aromatic carbocycles. The second-order valence-electron chi connectivity index (χ2n) is 26.0. The number of hydrogen-bond acceptors (Lipinski definition) is 2. The molecule has 1 fully saturated rings. The first-order valence-corrected chi connectivity index (χ1v) is 37.1. The zero-order chi connectivity index (χ0) is 56.8. The molecule has 1 saturated heterocycles. The molecule has 0 aromatic heterocycles. The van der Waals surface area contributed by atoms with Crippen molar-refractivity contribution in [2.45, 2.75) is 413 Å². The Morgan fingerprint density at radius 2 is 0.646 bits per heavy atom. The first kappa shape index (κ1) is 75.7. The van der Waals surface area contributed by atoms with Gasteiger partial charge in [0.2, 0.25) is 5.91 Å². The van der Waals surface area contributed by atoms with Crippen molar-refractivity contribution < 1.29 is 4.79 Å². The molecule has 0 atom stereocenters. The molecule has 1 aliphatic heterocycles. The molecule has 0 bridgehead atoms. The van der Waals surface area contributed by atoms with E-state index < -0.39 is 0 Å². The molecule has 0 saturated carbocycles. The van der Waals surface area contributed by atoms with Crippen molar-refractivity contribution >= 4 is 5.91 Å². The van der Waals surface area contributed by atoms with Gasteiger partial charge < -0.3 is 9.80 Å². The van der Waals surface area contributed by atoms with E-state index in [0.717, 1.165) is 38.8 Å². The lowest BCUT2D eigenvalue weighted by Crippen LogP contribution is -2.33. The summed E-state index contributed by atoms with van der Waals surface area (Å²) in [6.45, 7) is 17.1. The highest BCUT2D eigenvalue weighted by Crippen LogP contribution is 2.24. The van der Waals surface area contributed by atoms with Crippen LogP contribution in [0.4, 0.5) is 0 Å². The molecule has 0 N–H and O–H groups in total. The Morgan fingerprint density at radius 3 is 1.01 bits per heavy atom. The molecule has 0 radical (unpaired) electrons. The summed E-state index contributed by atoms with van der Waals surface area (Å²) in [5, 5.41) is 0. The number of allylic oxidation sites excluding steroid dienone is 2. The molecule has 0 spiro atoms. The average molecular weight is 1100 g/mol. The Balaban J connectivity index is 2.83. The van der Waals surface area contributed by atoms with E-state index in [2.05, 4.69) is 62.6 Å². The summed E-state index contributed by atoms with van der Waals surface area (Å²) in [5.74, 6) is 0.416. The lowest BCUT2D eigenvalue weighted by atomic mass is 9.98. The molecule has 1 amide bonds. The maximum Gasteiger partial charge on any atom is 0.226 e. The molecule has 3 heteroatoms. The minimum atomic E-state index is 0.416. The Hall–Kier alpha value is -1.35. The molecule has 466 valence electrons. The summed E-state index contributed by atoms with van der Waals surface area (Å²) in [7, 11) is 0. The van der Waals surface area contributed by atoms with Gasteiger partial charge in [0.15, 0.2) is 0 Å². The van der Waals surface area contributed by atoms with Crippen molar-refractivity contribution in [3.05, 3.63) is 34.9 Å². The smallest absolute Gasteiger partial charge is 0.226 e. The highest BCUT2D eigenvalue weighted by atomic mass is 16.2. The fraction of sp³-hybridized carbons (Fsp3) is 0.908. The third kappa shape index (κ3) is 53.1. The Morgan fingerprint density at radius 1 is 0.342 bits per heavy atom. The van der Waals surface area contributed by atoms with Crippen LogP contribution >= 0.6 is 0 Å². The molecule has 1 heterocycles. The molecule has 0 aromatic rings. The summed E-state index contributed by atoms with van der Waals surface area (Å²) in [6.07, 6.45) is 87.7. The van der Waals surface area contributed by atoms with Crippen molar-refractivity contribution in [3.8, 4) is 0 Å². The maximum absolute atomic E-state index is 14.5. The SMILES string of the molecule is CCCCCCCCCCCC/C=C(\CCCCCCCCCCCC)CC(=O)N(CCC=C1CCN(CCC=C(CCCCCCCCCCCC)CCCCCCCCCCCC)CC1)CCCCCCCCCCCC. The average Bonchev–Trinajstić information content (AvgIpc) is 3.46. The van der Waals surface area contributed by atoms with Gasteiger partial charge in [-0.05, 0) is 83.5 Å². The maximum atomic E-state index is 14.5. The monoisotopic (exact) mass is 1100 g/mol. The number of carbonyl (C=O) groups excluding carboxylic acids is 1. The molecule has 0 unspecified atom stereocenters. The number of rotatable bonds is 63. The van der Waals surface area contributed by atoms with Gasteiger partial charge in [0, 0.05) is 39.1 Å². The summed E-state index contributed by atoms with van der Waals surface area (Å²) in [6, 6.07) is 0. The Bertz CT molecular complexity index is 1290. The predicted molar refractivity (Wildman–Crippen MR) is 358 cm³/mol. The van der Waals surface area contributed by atoms with E-state index in [1.165, 1.54) is 372 Å². The molecular formula is C76H146N2O. The van der Waals surface area contributed by atoms with E-state index in [0.29, 0.717) is 12.3 Å². The number of likely N-dealkylation sites (tertiary alicyclic amines) is 1. The van der Waals surface area contributed by atoms with Crippen molar-refractivity contribution in [1.29, 1.82) is 0 Å². The first-order chi connectivity index (χ1) is 39.1. The second kappa shape index (κ2) is 62.7. The molecule has 3 nitrogen and oxygen atoms in total. The van der Waals surface area contributed by atoms with Gasteiger partial charge in [-0.3, -0.25) is 4.79 Å². The van der Waals surface area contributed by atoms with Crippen LogP contribution in [-0.4, -0.2) is 48.4 Å². The number of nitrogens with zero attached hydrogens (tertiary/aromatic N) is 2. The summed E-state index contributed by atoms with van der Waals surface area (Å²) in [5.41, 5.74) is 4.89. The fourth-order valence-corrected chi connectivity index (χ4v) is 12.6. The zero-order valence-electron chi connectivity index (χ0n) is 55.3. The van der Waals surface area contributed by atoms with E-state index in [1.54, 1.807) is 11.1 Å². The summed E-state index contributed by atoms with van der Waals surface area (Å²) in [4.78, 5) is 19.5. The van der Waals surface area contributed by atoms with Gasteiger partial charge >= 0.3 is 0 Å². The minimum absolute atomic E-state index is 0.416. The van der Waals surface area contributed by atoms with Crippen LogP contribution in [0.25, 0.3) is 0 Å². The standard InChI is InChI=1S/C76H146N2O/c1-6-11-16-21-26-31-36-40-45-50-55-62-75(61-54-49-44-39-34-29-24-19-14-9-4)72-76(79)78(68-56-51-46-41-35-30-25-20-15-10-5)69-58-64-74-65-70-77(71-66-74)67-57-63-73(59-52-47-42-37-32-27-22-17-12-7-2)60-53-48-43-38-33-28-23-18-13-8-3/h62-64H,6-61,65-72H2,1-5H3/b75-62+. The first-order valence-electron chi connectivity index (χ1n) is 37.1. The van der Waals surface area contributed by atoms with Crippen LogP contribution in [0.15, 0.2) is 34.9 Å². The second-order valence-corrected chi connectivity index (χ2v) is 26.0. The normalized spacial score (nSPS) is 13.2. The Kier molecular flexibility index (Phi) is 60.0. The van der Waals surface area contributed by atoms with Gasteiger partial charge in [-0.2, -0.15) is 0 Å². The van der Waals surface area contributed by atoms with Crippen molar-refractivity contribution in [2.75, 3.05) is 32.7 Å². The van der Waals surface area contributed by atoms with Crippen molar-refractivity contribution in [3.63, 3.8) is 0 Å². The highest BCUT2D eigenvalue weighted by molar-refractivity contribution is 5.78. The van der Waals surface area contributed by atoms with E-state index in [4.69, 9.17) is 0 Å². The largest absolute Gasteiger partial charge is 0.342 e. The van der Waals surface area contributed by atoms with Crippen LogP contribution < -0.4 is 0 Å². The van der Waals surface area contributed by atoms with E-state index >= 15 is 0 Å².